The van der Waals surface area contributed by atoms with Crippen LogP contribution in [0.15, 0.2) is 48.5 Å². The summed E-state index contributed by atoms with van der Waals surface area (Å²) in [4.78, 5) is 23.4. The Morgan fingerprint density at radius 3 is 1.25 bits per heavy atom. The van der Waals surface area contributed by atoms with Crippen molar-refractivity contribution in [2.75, 3.05) is 0 Å². The van der Waals surface area contributed by atoms with Gasteiger partial charge in [0.1, 0.15) is 23.0 Å². The number of ether oxygens (including phenoxy) is 2. The van der Waals surface area contributed by atoms with E-state index in [1.165, 1.54) is 48.5 Å². The molecule has 0 amide bonds. The number of hydrogen-bond acceptors (Lipinski definition) is 8. The van der Waals surface area contributed by atoms with E-state index in [1.807, 2.05) is 0 Å². The van der Waals surface area contributed by atoms with Crippen molar-refractivity contribution >= 4 is 11.9 Å². The first-order valence-corrected chi connectivity index (χ1v) is 6.74. The highest BCUT2D eigenvalue weighted by Crippen LogP contribution is 2.18. The number of esters is 2. The molecule has 8 heteroatoms. The minimum atomic E-state index is -2.16. The summed E-state index contributed by atoms with van der Waals surface area (Å²) in [6.45, 7) is 0. The van der Waals surface area contributed by atoms with Gasteiger partial charge < -0.3 is 29.9 Å². The van der Waals surface area contributed by atoms with Crippen LogP contribution < -0.4 is 9.47 Å². The Morgan fingerprint density at radius 2 is 0.958 bits per heavy atom. The second-order valence-corrected chi connectivity index (χ2v) is 4.72. The molecule has 0 aliphatic heterocycles. The third-order valence-electron chi connectivity index (χ3n) is 2.89. The van der Waals surface area contributed by atoms with Crippen LogP contribution in [0.4, 0.5) is 0 Å². The topological polar surface area (TPSA) is 134 Å². The number of rotatable bonds is 5. The molecule has 0 aliphatic carbocycles. The van der Waals surface area contributed by atoms with E-state index in [-0.39, 0.29) is 23.0 Å². The van der Waals surface area contributed by atoms with Gasteiger partial charge in [0.05, 0.1) is 0 Å². The first kappa shape index (κ1) is 17.3. The molecule has 0 spiro atoms. The highest BCUT2D eigenvalue weighted by Gasteiger charge is 2.33. The van der Waals surface area contributed by atoms with Crippen molar-refractivity contribution in [2.24, 2.45) is 0 Å². The molecule has 0 saturated carbocycles. The predicted molar refractivity (Wildman–Crippen MR) is 79.5 cm³/mol. The van der Waals surface area contributed by atoms with Crippen molar-refractivity contribution < 1.29 is 39.5 Å². The monoisotopic (exact) mass is 334 g/mol. The number of carbonyl (C=O) groups is 2. The second kappa shape index (κ2) is 7.44. The molecule has 0 aliphatic rings. The average Bonchev–Trinajstić information content (AvgIpc) is 2.57. The van der Waals surface area contributed by atoms with Crippen LogP contribution in [-0.4, -0.2) is 44.6 Å². The smallest absolute Gasteiger partial charge is 0.343 e. The van der Waals surface area contributed by atoms with Gasteiger partial charge in [-0.3, -0.25) is 0 Å². The van der Waals surface area contributed by atoms with Gasteiger partial charge in [-0.1, -0.05) is 0 Å². The summed E-state index contributed by atoms with van der Waals surface area (Å²) in [6, 6.07) is 10.1. The molecule has 0 fully saturated rings. The molecule has 126 valence electrons. The molecule has 2 rings (SSSR count). The summed E-state index contributed by atoms with van der Waals surface area (Å²) in [7, 11) is 0. The quantitative estimate of drug-likeness (QED) is 0.454. The summed E-state index contributed by atoms with van der Waals surface area (Å²) in [5, 5.41) is 37.6. The van der Waals surface area contributed by atoms with Crippen molar-refractivity contribution in [3.8, 4) is 23.0 Å². The van der Waals surface area contributed by atoms with Gasteiger partial charge in [0, 0.05) is 0 Å². The third-order valence-corrected chi connectivity index (χ3v) is 2.89. The molecule has 2 unspecified atom stereocenters. The molecule has 0 heterocycles. The summed E-state index contributed by atoms with van der Waals surface area (Å²) >= 11 is 0. The summed E-state index contributed by atoms with van der Waals surface area (Å²) in [5.41, 5.74) is 0. The molecule has 4 N–H and O–H groups in total. The Bertz CT molecular complexity index is 644. The van der Waals surface area contributed by atoms with Gasteiger partial charge in [-0.05, 0) is 48.5 Å². The van der Waals surface area contributed by atoms with Crippen LogP contribution in [0.25, 0.3) is 0 Å². The standard InChI is InChI=1S/C16H14O8/c17-9-1-5-11(6-2-9)23-15(21)13(19)14(20)16(22)24-12-7-3-10(18)4-8-12/h1-8,13-14,17-20H. The fourth-order valence-corrected chi connectivity index (χ4v) is 1.64. The minimum absolute atomic E-state index is 0.0101. The number of aliphatic hydroxyl groups excluding tert-OH is 2. The van der Waals surface area contributed by atoms with Crippen LogP contribution in [0.1, 0.15) is 0 Å². The molecule has 2 atom stereocenters. The number of aliphatic hydroxyl groups is 2. The molecule has 24 heavy (non-hydrogen) atoms. The lowest BCUT2D eigenvalue weighted by Crippen LogP contribution is -2.43. The number of hydrogen-bond donors (Lipinski definition) is 4. The lowest BCUT2D eigenvalue weighted by atomic mass is 10.2. The van der Waals surface area contributed by atoms with E-state index < -0.39 is 24.1 Å². The van der Waals surface area contributed by atoms with Gasteiger partial charge >= 0.3 is 11.9 Å². The summed E-state index contributed by atoms with van der Waals surface area (Å²) in [6.07, 6.45) is -4.33. The van der Waals surface area contributed by atoms with Crippen molar-refractivity contribution in [3.05, 3.63) is 48.5 Å². The third kappa shape index (κ3) is 4.45. The van der Waals surface area contributed by atoms with E-state index in [0.29, 0.717) is 0 Å². The largest absolute Gasteiger partial charge is 0.508 e. The van der Waals surface area contributed by atoms with Gasteiger partial charge in [-0.15, -0.1) is 0 Å². The lowest BCUT2D eigenvalue weighted by Gasteiger charge is -2.15. The van der Waals surface area contributed by atoms with Gasteiger partial charge in [0.15, 0.2) is 12.2 Å². The summed E-state index contributed by atoms with van der Waals surface area (Å²) in [5.74, 6) is -2.61. The molecular weight excluding hydrogens is 320 g/mol. The number of aromatic hydroxyl groups is 2. The van der Waals surface area contributed by atoms with Gasteiger partial charge in [-0.25, -0.2) is 9.59 Å². The first-order valence-electron chi connectivity index (χ1n) is 6.74. The Labute approximate surface area is 136 Å². The second-order valence-electron chi connectivity index (χ2n) is 4.72. The van der Waals surface area contributed by atoms with Crippen LogP contribution in [0.5, 0.6) is 23.0 Å². The van der Waals surface area contributed by atoms with Crippen LogP contribution in [0.2, 0.25) is 0 Å². The van der Waals surface area contributed by atoms with Crippen LogP contribution in [0.3, 0.4) is 0 Å². The van der Waals surface area contributed by atoms with Crippen LogP contribution in [0, 0.1) is 0 Å². The van der Waals surface area contributed by atoms with Crippen molar-refractivity contribution in [3.63, 3.8) is 0 Å². The maximum atomic E-state index is 11.7. The fraction of sp³-hybridized carbons (Fsp3) is 0.125. The zero-order valence-electron chi connectivity index (χ0n) is 12.2. The Kier molecular flexibility index (Phi) is 5.35. The van der Waals surface area contributed by atoms with Crippen molar-refractivity contribution in [2.45, 2.75) is 12.2 Å². The van der Waals surface area contributed by atoms with E-state index in [0.717, 1.165) is 0 Å². The molecule has 0 radical (unpaired) electrons. The number of phenolic OH excluding ortho intramolecular Hbond substituents is 2. The first-order chi connectivity index (χ1) is 11.4. The Balaban J connectivity index is 1.95. The Morgan fingerprint density at radius 1 is 0.667 bits per heavy atom. The molecule has 0 saturated heterocycles. The van der Waals surface area contributed by atoms with E-state index in [4.69, 9.17) is 19.7 Å². The zero-order valence-corrected chi connectivity index (χ0v) is 12.2. The van der Waals surface area contributed by atoms with E-state index in [9.17, 15) is 19.8 Å². The molecule has 0 bridgehead atoms. The van der Waals surface area contributed by atoms with Crippen molar-refractivity contribution in [1.82, 2.24) is 0 Å². The minimum Gasteiger partial charge on any atom is -0.508 e. The van der Waals surface area contributed by atoms with Gasteiger partial charge in [0.2, 0.25) is 0 Å². The maximum Gasteiger partial charge on any atom is 0.343 e. The maximum absolute atomic E-state index is 11.7. The highest BCUT2D eigenvalue weighted by molar-refractivity contribution is 5.87. The molecule has 2 aromatic rings. The molecule has 0 aromatic heterocycles. The van der Waals surface area contributed by atoms with Crippen LogP contribution >= 0.6 is 0 Å². The Hall–Kier alpha value is -3.10. The van der Waals surface area contributed by atoms with Gasteiger partial charge in [0.25, 0.3) is 0 Å². The highest BCUT2D eigenvalue weighted by atomic mass is 16.6. The van der Waals surface area contributed by atoms with Crippen molar-refractivity contribution in [1.29, 1.82) is 0 Å². The normalized spacial score (nSPS) is 12.9. The van der Waals surface area contributed by atoms with Crippen LogP contribution in [-0.2, 0) is 9.59 Å². The van der Waals surface area contributed by atoms with E-state index in [2.05, 4.69) is 0 Å². The lowest BCUT2D eigenvalue weighted by molar-refractivity contribution is -0.162. The molecule has 2 aromatic carbocycles. The zero-order chi connectivity index (χ0) is 17.7. The number of phenols is 2. The molecule has 8 nitrogen and oxygen atoms in total. The number of carbonyl (C=O) groups excluding carboxylic acids is 2. The summed E-state index contributed by atoms with van der Waals surface area (Å²) < 4.78 is 9.54. The molecular formula is C16H14O8. The predicted octanol–water partition coefficient (Wildman–Crippen LogP) is 0.331. The SMILES string of the molecule is O=C(Oc1ccc(O)cc1)C(O)C(O)C(=O)Oc1ccc(O)cc1. The van der Waals surface area contributed by atoms with E-state index in [1.54, 1.807) is 0 Å². The fourth-order valence-electron chi connectivity index (χ4n) is 1.64. The van der Waals surface area contributed by atoms with Gasteiger partial charge in [-0.2, -0.15) is 0 Å². The van der Waals surface area contributed by atoms with E-state index >= 15 is 0 Å². The number of benzene rings is 2. The average molecular weight is 334 g/mol.